The van der Waals surface area contributed by atoms with Gasteiger partial charge in [-0.1, -0.05) is 0 Å². The highest BCUT2D eigenvalue weighted by molar-refractivity contribution is 5.95. The molecule has 1 atom stereocenters. The summed E-state index contributed by atoms with van der Waals surface area (Å²) in [6.45, 7) is 5.15. The SMILES string of the molecule is Cc1cc(C)n(-c2ccc(C(=O)N3CCC(=O)N4CCCC43)cn2)n1. The van der Waals surface area contributed by atoms with Gasteiger partial charge in [-0.05, 0) is 44.9 Å². The lowest BCUT2D eigenvalue weighted by Gasteiger charge is -2.39. The van der Waals surface area contributed by atoms with Crippen molar-refractivity contribution in [1.82, 2.24) is 24.6 Å². The van der Waals surface area contributed by atoms with Crippen LogP contribution in [0.4, 0.5) is 0 Å². The Bertz CT molecular complexity index is 826. The van der Waals surface area contributed by atoms with Gasteiger partial charge < -0.3 is 9.80 Å². The molecule has 0 aromatic carbocycles. The van der Waals surface area contributed by atoms with Gasteiger partial charge in [-0.25, -0.2) is 9.67 Å². The number of fused-ring (bicyclic) bond motifs is 1. The van der Waals surface area contributed by atoms with Crippen LogP contribution in [-0.2, 0) is 4.79 Å². The fourth-order valence-electron chi connectivity index (χ4n) is 3.77. The normalized spacial score (nSPS) is 20.1. The summed E-state index contributed by atoms with van der Waals surface area (Å²) < 4.78 is 1.77. The van der Waals surface area contributed by atoms with Crippen molar-refractivity contribution in [3.05, 3.63) is 41.3 Å². The first-order chi connectivity index (χ1) is 12.0. The van der Waals surface area contributed by atoms with Crippen LogP contribution in [0.25, 0.3) is 5.82 Å². The average molecular weight is 339 g/mol. The van der Waals surface area contributed by atoms with Crippen LogP contribution in [0.1, 0.15) is 41.0 Å². The molecule has 2 aromatic heterocycles. The van der Waals surface area contributed by atoms with Gasteiger partial charge in [0.1, 0.15) is 6.17 Å². The molecule has 25 heavy (non-hydrogen) atoms. The van der Waals surface area contributed by atoms with Gasteiger partial charge in [0, 0.05) is 31.4 Å². The van der Waals surface area contributed by atoms with Gasteiger partial charge in [-0.3, -0.25) is 9.59 Å². The molecule has 130 valence electrons. The summed E-state index contributed by atoms with van der Waals surface area (Å²) in [4.78, 5) is 32.9. The number of aromatic nitrogens is 3. The minimum atomic E-state index is -0.0931. The molecule has 4 heterocycles. The average Bonchev–Trinajstić information content (AvgIpc) is 3.22. The van der Waals surface area contributed by atoms with Crippen molar-refractivity contribution in [2.75, 3.05) is 13.1 Å². The minimum absolute atomic E-state index is 0.0585. The van der Waals surface area contributed by atoms with E-state index < -0.39 is 0 Å². The number of nitrogens with zero attached hydrogens (tertiary/aromatic N) is 5. The zero-order chi connectivity index (χ0) is 17.6. The van der Waals surface area contributed by atoms with Crippen molar-refractivity contribution in [1.29, 1.82) is 0 Å². The van der Waals surface area contributed by atoms with E-state index >= 15 is 0 Å². The van der Waals surface area contributed by atoms with E-state index in [-0.39, 0.29) is 18.0 Å². The third kappa shape index (κ3) is 2.69. The first kappa shape index (κ1) is 15.8. The number of carbonyl (C=O) groups excluding carboxylic acids is 2. The zero-order valence-electron chi connectivity index (χ0n) is 14.5. The molecule has 2 fully saturated rings. The molecule has 7 heteroatoms. The number of hydrogen-bond acceptors (Lipinski definition) is 4. The highest BCUT2D eigenvalue weighted by Gasteiger charge is 2.39. The van der Waals surface area contributed by atoms with E-state index in [0.717, 1.165) is 30.8 Å². The first-order valence-corrected chi connectivity index (χ1v) is 8.65. The van der Waals surface area contributed by atoms with Crippen LogP contribution in [0.5, 0.6) is 0 Å². The monoisotopic (exact) mass is 339 g/mol. The van der Waals surface area contributed by atoms with Crippen molar-refractivity contribution in [3.63, 3.8) is 0 Å². The third-order valence-corrected chi connectivity index (χ3v) is 4.95. The second kappa shape index (κ2) is 5.98. The van der Waals surface area contributed by atoms with Crippen LogP contribution in [0.3, 0.4) is 0 Å². The Hall–Kier alpha value is -2.70. The highest BCUT2D eigenvalue weighted by atomic mass is 16.2. The van der Waals surface area contributed by atoms with E-state index in [1.165, 1.54) is 0 Å². The molecule has 0 bridgehead atoms. The Morgan fingerprint density at radius 3 is 2.76 bits per heavy atom. The van der Waals surface area contributed by atoms with Crippen LogP contribution in [0.2, 0.25) is 0 Å². The quantitative estimate of drug-likeness (QED) is 0.834. The fraction of sp³-hybridized carbons (Fsp3) is 0.444. The molecule has 0 aliphatic carbocycles. The molecule has 0 N–H and O–H groups in total. The third-order valence-electron chi connectivity index (χ3n) is 4.95. The number of carbonyl (C=O) groups is 2. The van der Waals surface area contributed by atoms with Gasteiger partial charge >= 0.3 is 0 Å². The predicted molar refractivity (Wildman–Crippen MR) is 91.2 cm³/mol. The largest absolute Gasteiger partial charge is 0.322 e. The molecule has 0 radical (unpaired) electrons. The molecular weight excluding hydrogens is 318 g/mol. The molecule has 2 aliphatic rings. The molecule has 1 unspecified atom stereocenters. The zero-order valence-corrected chi connectivity index (χ0v) is 14.5. The molecule has 2 amide bonds. The van der Waals surface area contributed by atoms with Gasteiger partial charge in [0.25, 0.3) is 5.91 Å². The van der Waals surface area contributed by atoms with E-state index in [1.54, 1.807) is 16.9 Å². The summed E-state index contributed by atoms with van der Waals surface area (Å²) in [5.74, 6) is 0.792. The molecule has 0 spiro atoms. The maximum Gasteiger partial charge on any atom is 0.257 e. The molecular formula is C18H21N5O2. The maximum absolute atomic E-state index is 12.9. The number of pyridine rings is 1. The smallest absolute Gasteiger partial charge is 0.257 e. The summed E-state index contributed by atoms with van der Waals surface area (Å²) >= 11 is 0. The lowest BCUT2D eigenvalue weighted by molar-refractivity contribution is -0.139. The Balaban J connectivity index is 1.57. The first-order valence-electron chi connectivity index (χ1n) is 8.65. The van der Waals surface area contributed by atoms with Crippen molar-refractivity contribution >= 4 is 11.8 Å². The van der Waals surface area contributed by atoms with Crippen LogP contribution < -0.4 is 0 Å². The molecule has 2 saturated heterocycles. The summed E-state index contributed by atoms with van der Waals surface area (Å²) in [7, 11) is 0. The summed E-state index contributed by atoms with van der Waals surface area (Å²) in [5.41, 5.74) is 2.48. The Kier molecular flexibility index (Phi) is 3.78. The lowest BCUT2D eigenvalue weighted by Crippen LogP contribution is -2.55. The van der Waals surface area contributed by atoms with Crippen molar-refractivity contribution in [3.8, 4) is 5.82 Å². The van der Waals surface area contributed by atoms with E-state index in [4.69, 9.17) is 0 Å². The summed E-state index contributed by atoms with van der Waals surface area (Å²) in [6.07, 6.45) is 3.72. The Morgan fingerprint density at radius 1 is 1.24 bits per heavy atom. The lowest BCUT2D eigenvalue weighted by atomic mass is 10.1. The summed E-state index contributed by atoms with van der Waals surface area (Å²) in [5, 5.41) is 4.41. The van der Waals surface area contributed by atoms with Crippen molar-refractivity contribution in [2.45, 2.75) is 39.3 Å². The van der Waals surface area contributed by atoms with Gasteiger partial charge in [0.15, 0.2) is 5.82 Å². The van der Waals surface area contributed by atoms with Crippen LogP contribution in [0.15, 0.2) is 24.4 Å². The van der Waals surface area contributed by atoms with Crippen LogP contribution in [0, 0.1) is 13.8 Å². The maximum atomic E-state index is 12.9. The fourth-order valence-corrected chi connectivity index (χ4v) is 3.77. The van der Waals surface area contributed by atoms with Gasteiger partial charge in [0.2, 0.25) is 5.91 Å². The summed E-state index contributed by atoms with van der Waals surface area (Å²) in [6, 6.07) is 5.59. The predicted octanol–water partition coefficient (Wildman–Crippen LogP) is 1.68. The number of aryl methyl sites for hydroxylation is 2. The highest BCUT2D eigenvalue weighted by Crippen LogP contribution is 2.27. The topological polar surface area (TPSA) is 71.3 Å². The molecule has 2 aromatic rings. The van der Waals surface area contributed by atoms with E-state index in [9.17, 15) is 9.59 Å². The second-order valence-electron chi connectivity index (χ2n) is 6.70. The molecule has 7 nitrogen and oxygen atoms in total. The van der Waals surface area contributed by atoms with Gasteiger partial charge in [-0.15, -0.1) is 0 Å². The van der Waals surface area contributed by atoms with Crippen LogP contribution in [-0.4, -0.2) is 55.6 Å². The molecule has 2 aliphatic heterocycles. The van der Waals surface area contributed by atoms with E-state index in [2.05, 4.69) is 10.1 Å². The molecule has 4 rings (SSSR count). The molecule has 0 saturated carbocycles. The Morgan fingerprint density at radius 2 is 2.08 bits per heavy atom. The number of amides is 2. The van der Waals surface area contributed by atoms with Gasteiger partial charge in [-0.2, -0.15) is 5.10 Å². The Labute approximate surface area is 146 Å². The van der Waals surface area contributed by atoms with E-state index in [1.807, 2.05) is 35.8 Å². The van der Waals surface area contributed by atoms with Crippen LogP contribution >= 0.6 is 0 Å². The number of hydrogen-bond donors (Lipinski definition) is 0. The van der Waals surface area contributed by atoms with Crippen molar-refractivity contribution < 1.29 is 9.59 Å². The van der Waals surface area contributed by atoms with Gasteiger partial charge in [0.05, 0.1) is 11.3 Å². The van der Waals surface area contributed by atoms with E-state index in [0.29, 0.717) is 24.3 Å². The number of rotatable bonds is 2. The van der Waals surface area contributed by atoms with Crippen molar-refractivity contribution in [2.24, 2.45) is 0 Å². The minimum Gasteiger partial charge on any atom is -0.322 e. The standard InChI is InChI=1S/C18H21N5O2/c1-12-10-13(2)23(20-12)15-6-5-14(11-19-15)18(25)22-9-7-17(24)21-8-3-4-16(21)22/h5-6,10-11,16H,3-4,7-9H2,1-2H3. The second-order valence-corrected chi connectivity index (χ2v) is 6.70.